The molecule has 4 rings (SSSR count). The molecule has 0 aliphatic carbocycles. The van der Waals surface area contributed by atoms with Crippen molar-refractivity contribution in [2.24, 2.45) is 0 Å². The third kappa shape index (κ3) is 5.61. The van der Waals surface area contributed by atoms with Crippen molar-refractivity contribution in [2.75, 3.05) is 31.6 Å². The molecule has 1 unspecified atom stereocenters. The molecule has 2 heterocycles. The number of Topliss-reactive ketones (excluding diaryl/α,β-unsaturated/α-hetero) is 1. The van der Waals surface area contributed by atoms with E-state index in [1.165, 1.54) is 18.4 Å². The summed E-state index contributed by atoms with van der Waals surface area (Å²) in [4.78, 5) is 32.3. The monoisotopic (exact) mass is 483 g/mol. The SMILES string of the molecule is COC(=O)c1cccc(N2CCCC(NCC(=O)c3sc(-c4ccc(Cl)cc4)nc3C)C2)c1. The number of esters is 1. The van der Waals surface area contributed by atoms with Crippen LogP contribution in [0.15, 0.2) is 48.5 Å². The van der Waals surface area contributed by atoms with Crippen LogP contribution in [0.5, 0.6) is 0 Å². The highest BCUT2D eigenvalue weighted by Crippen LogP contribution is 2.29. The van der Waals surface area contributed by atoms with Gasteiger partial charge in [-0.05, 0) is 50.1 Å². The number of ketones is 1. The van der Waals surface area contributed by atoms with E-state index in [4.69, 9.17) is 16.3 Å². The Balaban J connectivity index is 1.38. The fourth-order valence-corrected chi connectivity index (χ4v) is 5.15. The van der Waals surface area contributed by atoms with E-state index in [0.717, 1.165) is 47.9 Å². The molecule has 1 aliphatic heterocycles. The van der Waals surface area contributed by atoms with Gasteiger partial charge < -0.3 is 15.0 Å². The third-order valence-corrected chi connectivity index (χ3v) is 7.25. The number of methoxy groups -OCH3 is 1. The quantitative estimate of drug-likeness (QED) is 0.376. The van der Waals surface area contributed by atoms with Gasteiger partial charge in [-0.3, -0.25) is 4.79 Å². The van der Waals surface area contributed by atoms with Gasteiger partial charge >= 0.3 is 5.97 Å². The zero-order chi connectivity index (χ0) is 23.4. The molecule has 33 heavy (non-hydrogen) atoms. The molecule has 172 valence electrons. The average Bonchev–Trinajstić information content (AvgIpc) is 3.24. The van der Waals surface area contributed by atoms with Gasteiger partial charge in [-0.15, -0.1) is 11.3 Å². The minimum atomic E-state index is -0.341. The van der Waals surface area contributed by atoms with E-state index in [1.807, 2.05) is 49.4 Å². The van der Waals surface area contributed by atoms with E-state index in [9.17, 15) is 9.59 Å². The first kappa shape index (κ1) is 23.4. The summed E-state index contributed by atoms with van der Waals surface area (Å²) < 4.78 is 4.83. The second-order valence-corrected chi connectivity index (χ2v) is 9.51. The van der Waals surface area contributed by atoms with Crippen molar-refractivity contribution >= 4 is 40.4 Å². The van der Waals surface area contributed by atoms with Gasteiger partial charge in [0, 0.05) is 35.4 Å². The number of thiazole rings is 1. The highest BCUT2D eigenvalue weighted by atomic mass is 35.5. The van der Waals surface area contributed by atoms with Crippen LogP contribution < -0.4 is 10.2 Å². The van der Waals surface area contributed by atoms with Crippen molar-refractivity contribution in [3.8, 4) is 10.6 Å². The van der Waals surface area contributed by atoms with Crippen LogP contribution in [0, 0.1) is 6.92 Å². The first-order chi connectivity index (χ1) is 15.9. The fourth-order valence-electron chi connectivity index (χ4n) is 4.01. The van der Waals surface area contributed by atoms with Crippen LogP contribution in [0.3, 0.4) is 0 Å². The number of hydrogen-bond acceptors (Lipinski definition) is 7. The molecule has 2 aromatic carbocycles. The normalized spacial score (nSPS) is 16.0. The number of aryl methyl sites for hydroxylation is 1. The van der Waals surface area contributed by atoms with Gasteiger partial charge in [-0.1, -0.05) is 29.8 Å². The summed E-state index contributed by atoms with van der Waals surface area (Å²) in [6.45, 7) is 3.83. The number of carbonyl (C=O) groups excluding carboxylic acids is 2. The number of nitrogens with zero attached hydrogens (tertiary/aromatic N) is 2. The number of ether oxygens (including phenoxy) is 1. The standard InChI is InChI=1S/C25H26ClN3O3S/c1-16-23(33-24(28-16)17-8-10-19(26)11-9-17)22(30)14-27-20-6-4-12-29(15-20)21-7-3-5-18(13-21)25(31)32-2/h3,5,7-11,13,20,27H,4,6,12,14-15H2,1-2H3. The number of carbonyl (C=O) groups is 2. The van der Waals surface area contributed by atoms with Crippen molar-refractivity contribution < 1.29 is 14.3 Å². The lowest BCUT2D eigenvalue weighted by Crippen LogP contribution is -2.47. The molecule has 1 saturated heterocycles. The van der Waals surface area contributed by atoms with Crippen LogP contribution in [0.4, 0.5) is 5.69 Å². The predicted molar refractivity (Wildman–Crippen MR) is 133 cm³/mol. The predicted octanol–water partition coefficient (Wildman–Crippen LogP) is 5.00. The Labute approximate surface area is 202 Å². The third-order valence-electron chi connectivity index (χ3n) is 5.75. The molecule has 8 heteroatoms. The molecule has 0 spiro atoms. The summed E-state index contributed by atoms with van der Waals surface area (Å²) in [5.74, 6) is -0.290. The van der Waals surface area contributed by atoms with Gasteiger partial charge in [0.05, 0.1) is 29.8 Å². The Kier molecular flexibility index (Phi) is 7.42. The van der Waals surface area contributed by atoms with E-state index in [-0.39, 0.29) is 24.3 Å². The lowest BCUT2D eigenvalue weighted by Gasteiger charge is -2.35. The van der Waals surface area contributed by atoms with Crippen molar-refractivity contribution in [1.82, 2.24) is 10.3 Å². The van der Waals surface area contributed by atoms with E-state index in [0.29, 0.717) is 15.5 Å². The molecule has 1 aromatic heterocycles. The smallest absolute Gasteiger partial charge is 0.337 e. The number of nitrogens with one attached hydrogen (secondary N) is 1. The molecular weight excluding hydrogens is 458 g/mol. The topological polar surface area (TPSA) is 71.5 Å². The maximum absolute atomic E-state index is 12.9. The summed E-state index contributed by atoms with van der Waals surface area (Å²) in [6.07, 6.45) is 2.01. The molecule has 3 aromatic rings. The first-order valence-corrected chi connectivity index (χ1v) is 12.1. The van der Waals surface area contributed by atoms with Crippen LogP contribution in [0.2, 0.25) is 5.02 Å². The Morgan fingerprint density at radius 3 is 2.79 bits per heavy atom. The Morgan fingerprint density at radius 2 is 2.03 bits per heavy atom. The summed E-state index contributed by atoms with van der Waals surface area (Å²) in [7, 11) is 1.39. The maximum Gasteiger partial charge on any atom is 0.337 e. The fraction of sp³-hybridized carbons (Fsp3) is 0.320. The minimum absolute atomic E-state index is 0.0509. The Bertz CT molecular complexity index is 1150. The van der Waals surface area contributed by atoms with Crippen LogP contribution in [0.25, 0.3) is 10.6 Å². The van der Waals surface area contributed by atoms with Crippen LogP contribution in [-0.2, 0) is 4.74 Å². The van der Waals surface area contributed by atoms with E-state index in [2.05, 4.69) is 15.2 Å². The van der Waals surface area contributed by atoms with Gasteiger partial charge in [0.2, 0.25) is 0 Å². The van der Waals surface area contributed by atoms with Crippen LogP contribution in [-0.4, -0.2) is 49.5 Å². The summed E-state index contributed by atoms with van der Waals surface area (Å²) in [5.41, 5.74) is 3.23. The average molecular weight is 484 g/mol. The van der Waals surface area contributed by atoms with E-state index < -0.39 is 0 Å². The number of rotatable bonds is 7. The van der Waals surface area contributed by atoms with Gasteiger partial charge in [-0.2, -0.15) is 0 Å². The van der Waals surface area contributed by atoms with Crippen molar-refractivity contribution in [3.63, 3.8) is 0 Å². The van der Waals surface area contributed by atoms with Crippen molar-refractivity contribution in [2.45, 2.75) is 25.8 Å². The number of piperidine rings is 1. The molecule has 0 radical (unpaired) electrons. The number of hydrogen-bond donors (Lipinski definition) is 1. The molecule has 1 fully saturated rings. The van der Waals surface area contributed by atoms with Crippen molar-refractivity contribution in [3.05, 3.63) is 69.7 Å². The maximum atomic E-state index is 12.9. The second-order valence-electron chi connectivity index (χ2n) is 8.07. The number of benzene rings is 2. The van der Waals surface area contributed by atoms with Crippen molar-refractivity contribution in [1.29, 1.82) is 0 Å². The summed E-state index contributed by atoms with van der Waals surface area (Å²) >= 11 is 7.39. The number of anilines is 1. The molecule has 0 saturated carbocycles. The molecule has 6 nitrogen and oxygen atoms in total. The largest absolute Gasteiger partial charge is 0.465 e. The zero-order valence-electron chi connectivity index (χ0n) is 18.6. The van der Waals surface area contributed by atoms with Gasteiger partial charge in [0.25, 0.3) is 0 Å². The van der Waals surface area contributed by atoms with Crippen LogP contribution >= 0.6 is 22.9 Å². The molecular formula is C25H26ClN3O3S. The van der Waals surface area contributed by atoms with Crippen LogP contribution in [0.1, 0.15) is 38.6 Å². The zero-order valence-corrected chi connectivity index (χ0v) is 20.2. The van der Waals surface area contributed by atoms with E-state index >= 15 is 0 Å². The molecule has 1 N–H and O–H groups in total. The molecule has 1 aliphatic rings. The highest BCUT2D eigenvalue weighted by molar-refractivity contribution is 7.17. The Hall–Kier alpha value is -2.74. The van der Waals surface area contributed by atoms with Gasteiger partial charge in [0.15, 0.2) is 5.78 Å². The molecule has 0 amide bonds. The molecule has 0 bridgehead atoms. The van der Waals surface area contributed by atoms with Gasteiger partial charge in [0.1, 0.15) is 5.01 Å². The lowest BCUT2D eigenvalue weighted by molar-refractivity contribution is 0.0600. The summed E-state index contributed by atoms with van der Waals surface area (Å²) in [5, 5.41) is 4.92. The number of halogens is 1. The second kappa shape index (κ2) is 10.5. The highest BCUT2D eigenvalue weighted by Gasteiger charge is 2.23. The first-order valence-electron chi connectivity index (χ1n) is 10.9. The lowest BCUT2D eigenvalue weighted by atomic mass is 10.0. The Morgan fingerprint density at radius 1 is 1.24 bits per heavy atom. The molecule has 1 atom stereocenters. The van der Waals surface area contributed by atoms with E-state index in [1.54, 1.807) is 6.07 Å². The number of aromatic nitrogens is 1. The van der Waals surface area contributed by atoms with Gasteiger partial charge in [-0.25, -0.2) is 9.78 Å². The summed E-state index contributed by atoms with van der Waals surface area (Å²) in [6, 6.07) is 15.2. The minimum Gasteiger partial charge on any atom is -0.465 e.